The van der Waals surface area contributed by atoms with Crippen molar-refractivity contribution in [3.63, 3.8) is 0 Å². The lowest BCUT2D eigenvalue weighted by Crippen LogP contribution is -2.15. The lowest BCUT2D eigenvalue weighted by molar-refractivity contribution is -0.116. The van der Waals surface area contributed by atoms with Gasteiger partial charge in [-0.2, -0.15) is 0 Å². The number of carbonyl (C=O) groups excluding carboxylic acids is 1. The maximum Gasteiger partial charge on any atom is 0.337 e. The normalized spacial score (nSPS) is 10.6. The summed E-state index contributed by atoms with van der Waals surface area (Å²) in [4.78, 5) is 23.3. The molecule has 0 unspecified atom stereocenters. The lowest BCUT2D eigenvalue weighted by atomic mass is 10.0. The molecule has 0 aromatic heterocycles. The van der Waals surface area contributed by atoms with Crippen molar-refractivity contribution in [1.29, 1.82) is 0 Å². The number of hydrogen-bond acceptors (Lipinski definition) is 2. The first-order chi connectivity index (χ1) is 12.0. The number of carbonyl (C=O) groups is 2. The van der Waals surface area contributed by atoms with Gasteiger partial charge in [0.2, 0.25) is 5.91 Å². The number of benzene rings is 3. The highest BCUT2D eigenvalue weighted by atomic mass is 16.4. The highest BCUT2D eigenvalue weighted by Crippen LogP contribution is 2.19. The molecule has 0 atom stereocenters. The van der Waals surface area contributed by atoms with Gasteiger partial charge in [-0.05, 0) is 41.8 Å². The Labute approximate surface area is 146 Å². The number of carboxylic acids is 1. The summed E-state index contributed by atoms with van der Waals surface area (Å²) in [6.07, 6.45) is 0.899. The maximum absolute atomic E-state index is 12.2. The number of rotatable bonds is 5. The second-order valence-corrected chi connectivity index (χ2v) is 6.08. The van der Waals surface area contributed by atoms with Gasteiger partial charge in [0.1, 0.15) is 0 Å². The lowest BCUT2D eigenvalue weighted by Gasteiger charge is -2.09. The Balaban J connectivity index is 1.66. The van der Waals surface area contributed by atoms with Crippen LogP contribution in [0.15, 0.2) is 60.7 Å². The molecule has 0 bridgehead atoms. The summed E-state index contributed by atoms with van der Waals surface area (Å²) < 4.78 is 0. The number of nitrogens with one attached hydrogen (secondary N) is 1. The molecule has 4 heteroatoms. The van der Waals surface area contributed by atoms with Crippen LogP contribution in [0.2, 0.25) is 0 Å². The first-order valence-corrected chi connectivity index (χ1v) is 8.14. The van der Waals surface area contributed by atoms with Crippen molar-refractivity contribution in [1.82, 2.24) is 0 Å². The molecular weight excluding hydrogens is 314 g/mol. The molecule has 126 valence electrons. The highest BCUT2D eigenvalue weighted by molar-refractivity contribution is 6.00. The van der Waals surface area contributed by atoms with Crippen LogP contribution in [0.5, 0.6) is 0 Å². The molecule has 1 amide bonds. The van der Waals surface area contributed by atoms with Gasteiger partial charge in [-0.15, -0.1) is 0 Å². The van der Waals surface area contributed by atoms with E-state index in [2.05, 4.69) is 42.6 Å². The van der Waals surface area contributed by atoms with Gasteiger partial charge in [0.25, 0.3) is 0 Å². The minimum absolute atomic E-state index is 0.0944. The van der Waals surface area contributed by atoms with E-state index in [9.17, 15) is 9.59 Å². The predicted molar refractivity (Wildman–Crippen MR) is 99.0 cm³/mol. The Morgan fingerprint density at radius 3 is 2.48 bits per heavy atom. The molecule has 2 N–H and O–H groups in total. The SMILES string of the molecule is Cc1ccc2cc(CCC(=O)Nc3ccccc3C(=O)O)ccc2c1. The zero-order valence-corrected chi connectivity index (χ0v) is 14.0. The fraction of sp³-hybridized carbons (Fsp3) is 0.143. The van der Waals surface area contributed by atoms with Gasteiger partial charge in [0, 0.05) is 6.42 Å². The first kappa shape index (κ1) is 16.7. The van der Waals surface area contributed by atoms with Crippen LogP contribution in [0.4, 0.5) is 5.69 Å². The van der Waals surface area contributed by atoms with Crippen molar-refractivity contribution >= 4 is 28.3 Å². The van der Waals surface area contributed by atoms with E-state index < -0.39 is 5.97 Å². The maximum atomic E-state index is 12.2. The van der Waals surface area contributed by atoms with Crippen LogP contribution >= 0.6 is 0 Å². The third kappa shape index (κ3) is 4.04. The van der Waals surface area contributed by atoms with Crippen molar-refractivity contribution in [2.45, 2.75) is 19.8 Å². The number of amides is 1. The first-order valence-electron chi connectivity index (χ1n) is 8.14. The number of carboxylic acid groups (broad SMARTS) is 1. The molecule has 0 heterocycles. The van der Waals surface area contributed by atoms with Crippen LogP contribution in [-0.4, -0.2) is 17.0 Å². The van der Waals surface area contributed by atoms with Gasteiger partial charge in [-0.1, -0.05) is 54.1 Å². The number of aromatic carboxylic acids is 1. The Kier molecular flexibility index (Phi) is 4.80. The van der Waals surface area contributed by atoms with E-state index in [4.69, 9.17) is 5.11 Å². The van der Waals surface area contributed by atoms with E-state index >= 15 is 0 Å². The third-order valence-electron chi connectivity index (χ3n) is 4.13. The van der Waals surface area contributed by atoms with E-state index in [-0.39, 0.29) is 11.5 Å². The Bertz CT molecular complexity index is 947. The predicted octanol–water partition coefficient (Wildman–Crippen LogP) is 4.42. The van der Waals surface area contributed by atoms with Crippen molar-refractivity contribution in [3.8, 4) is 0 Å². The van der Waals surface area contributed by atoms with Crippen molar-refractivity contribution in [3.05, 3.63) is 77.4 Å². The number of fused-ring (bicyclic) bond motifs is 1. The molecule has 0 radical (unpaired) electrons. The van der Waals surface area contributed by atoms with Gasteiger partial charge < -0.3 is 10.4 Å². The van der Waals surface area contributed by atoms with Gasteiger partial charge in [0.15, 0.2) is 0 Å². The molecule has 4 nitrogen and oxygen atoms in total. The van der Waals surface area contributed by atoms with Crippen LogP contribution in [0.25, 0.3) is 10.8 Å². The average molecular weight is 333 g/mol. The van der Waals surface area contributed by atoms with Crippen LogP contribution in [-0.2, 0) is 11.2 Å². The van der Waals surface area contributed by atoms with Crippen molar-refractivity contribution < 1.29 is 14.7 Å². The minimum Gasteiger partial charge on any atom is -0.478 e. The summed E-state index contributed by atoms with van der Waals surface area (Å²) in [7, 11) is 0. The standard InChI is InChI=1S/C21H19NO3/c1-14-6-9-17-13-15(7-10-16(17)12-14)8-11-20(23)22-19-5-3-2-4-18(19)21(24)25/h2-7,9-10,12-13H,8,11H2,1H3,(H,22,23)(H,24,25). The Morgan fingerprint density at radius 1 is 0.960 bits per heavy atom. The smallest absolute Gasteiger partial charge is 0.337 e. The zero-order chi connectivity index (χ0) is 17.8. The Hall–Kier alpha value is -3.14. The van der Waals surface area contributed by atoms with E-state index in [0.717, 1.165) is 10.9 Å². The van der Waals surface area contributed by atoms with E-state index in [1.165, 1.54) is 17.0 Å². The molecular formula is C21H19NO3. The molecule has 25 heavy (non-hydrogen) atoms. The van der Waals surface area contributed by atoms with Crippen molar-refractivity contribution in [2.24, 2.45) is 0 Å². The zero-order valence-electron chi connectivity index (χ0n) is 14.0. The molecule has 0 spiro atoms. The molecule has 0 saturated heterocycles. The molecule has 0 aliphatic rings. The Morgan fingerprint density at radius 2 is 1.68 bits per heavy atom. The second kappa shape index (κ2) is 7.18. The quantitative estimate of drug-likeness (QED) is 0.726. The number of para-hydroxylation sites is 1. The van der Waals surface area contributed by atoms with Crippen LogP contribution in [0, 0.1) is 6.92 Å². The molecule has 0 saturated carbocycles. The van der Waals surface area contributed by atoms with Gasteiger partial charge in [-0.25, -0.2) is 4.79 Å². The number of hydrogen-bond donors (Lipinski definition) is 2. The van der Waals surface area contributed by atoms with Crippen molar-refractivity contribution in [2.75, 3.05) is 5.32 Å². The molecule has 3 aromatic carbocycles. The second-order valence-electron chi connectivity index (χ2n) is 6.08. The minimum atomic E-state index is -1.05. The highest BCUT2D eigenvalue weighted by Gasteiger charge is 2.11. The topological polar surface area (TPSA) is 66.4 Å². The van der Waals surface area contributed by atoms with Gasteiger partial charge >= 0.3 is 5.97 Å². The molecule has 0 aliphatic carbocycles. The third-order valence-corrected chi connectivity index (χ3v) is 4.13. The monoisotopic (exact) mass is 333 g/mol. The van der Waals surface area contributed by atoms with E-state index in [1.807, 2.05) is 6.07 Å². The number of anilines is 1. The summed E-state index contributed by atoms with van der Waals surface area (Å²) in [6, 6.07) is 18.9. The molecule has 3 rings (SSSR count). The van der Waals surface area contributed by atoms with Gasteiger partial charge in [0.05, 0.1) is 11.3 Å². The summed E-state index contributed by atoms with van der Waals surface area (Å²) in [6.45, 7) is 2.06. The fourth-order valence-electron chi connectivity index (χ4n) is 2.82. The van der Waals surface area contributed by atoms with E-state index in [0.29, 0.717) is 18.5 Å². The van der Waals surface area contributed by atoms with Crippen LogP contribution < -0.4 is 5.32 Å². The largest absolute Gasteiger partial charge is 0.478 e. The number of aryl methyl sites for hydroxylation is 2. The fourth-order valence-corrected chi connectivity index (χ4v) is 2.82. The molecule has 3 aromatic rings. The van der Waals surface area contributed by atoms with Crippen LogP contribution in [0.3, 0.4) is 0 Å². The summed E-state index contributed by atoms with van der Waals surface area (Å²) in [5.41, 5.74) is 2.72. The molecule has 0 fully saturated rings. The molecule has 0 aliphatic heterocycles. The van der Waals surface area contributed by atoms with Crippen LogP contribution in [0.1, 0.15) is 27.9 Å². The summed E-state index contributed by atoms with van der Waals surface area (Å²) in [5, 5.41) is 14.2. The average Bonchev–Trinajstić information content (AvgIpc) is 2.60. The summed E-state index contributed by atoms with van der Waals surface area (Å²) in [5.74, 6) is -1.25. The van der Waals surface area contributed by atoms with Gasteiger partial charge in [-0.3, -0.25) is 4.79 Å². The van der Waals surface area contributed by atoms with E-state index in [1.54, 1.807) is 18.2 Å². The summed E-state index contributed by atoms with van der Waals surface area (Å²) >= 11 is 0.